The molecule has 1 unspecified atom stereocenters. The Hall–Kier alpha value is 0.177. The summed E-state index contributed by atoms with van der Waals surface area (Å²) in [5.41, 5.74) is 1.91. The molecule has 0 heterocycles. The fourth-order valence-electron chi connectivity index (χ4n) is 2.96. The van der Waals surface area contributed by atoms with Crippen molar-refractivity contribution in [3.63, 3.8) is 0 Å². The SMILES string of the molecule is CCC(C)(O)[Si](C)(C1CC1)C1CC1. The summed E-state index contributed by atoms with van der Waals surface area (Å²) in [7, 11) is -1.35. The predicted molar refractivity (Wildman–Crippen MR) is 58.5 cm³/mol. The van der Waals surface area contributed by atoms with E-state index in [4.69, 9.17) is 0 Å². The molecule has 1 atom stereocenters. The molecular formula is C11H22OSi. The first kappa shape index (κ1) is 9.72. The minimum atomic E-state index is -1.35. The standard InChI is InChI=1S/C11H22OSi/c1-4-11(2,12)13(3,9-5-6-9)10-7-8-10/h9-10,12H,4-8H2,1-3H3. The zero-order valence-corrected chi connectivity index (χ0v) is 10.1. The van der Waals surface area contributed by atoms with Crippen molar-refractivity contribution in [2.24, 2.45) is 0 Å². The van der Waals surface area contributed by atoms with Crippen LogP contribution in [0, 0.1) is 0 Å². The molecule has 0 amide bonds. The molecule has 0 saturated heterocycles. The summed E-state index contributed by atoms with van der Waals surface area (Å²) >= 11 is 0. The van der Waals surface area contributed by atoms with Crippen molar-refractivity contribution < 1.29 is 5.11 Å². The summed E-state index contributed by atoms with van der Waals surface area (Å²) < 4.78 is 0. The largest absolute Gasteiger partial charge is 0.394 e. The summed E-state index contributed by atoms with van der Waals surface area (Å²) in [6.45, 7) is 6.72. The van der Waals surface area contributed by atoms with Crippen molar-refractivity contribution >= 4 is 8.07 Å². The normalized spacial score (nSPS) is 28.6. The van der Waals surface area contributed by atoms with Crippen LogP contribution in [0.4, 0.5) is 0 Å². The van der Waals surface area contributed by atoms with Crippen LogP contribution in [-0.4, -0.2) is 18.4 Å². The lowest BCUT2D eigenvalue weighted by Gasteiger charge is -2.41. The van der Waals surface area contributed by atoms with Gasteiger partial charge in [-0.1, -0.05) is 39.2 Å². The maximum absolute atomic E-state index is 10.5. The van der Waals surface area contributed by atoms with Gasteiger partial charge >= 0.3 is 0 Å². The van der Waals surface area contributed by atoms with E-state index in [1.807, 2.05) is 0 Å². The van der Waals surface area contributed by atoms with Gasteiger partial charge in [-0.05, 0) is 24.4 Å². The van der Waals surface area contributed by atoms with Gasteiger partial charge in [0, 0.05) is 0 Å². The van der Waals surface area contributed by atoms with Crippen LogP contribution in [-0.2, 0) is 0 Å². The van der Waals surface area contributed by atoms with Crippen LogP contribution in [0.3, 0.4) is 0 Å². The zero-order chi connectivity index (χ0) is 9.69. The maximum Gasteiger partial charge on any atom is 0.0938 e. The third kappa shape index (κ3) is 1.38. The molecule has 2 aliphatic carbocycles. The maximum atomic E-state index is 10.5. The first-order chi connectivity index (χ1) is 6.02. The highest BCUT2D eigenvalue weighted by molar-refractivity contribution is 6.85. The fraction of sp³-hybridized carbons (Fsp3) is 1.00. The van der Waals surface area contributed by atoms with Gasteiger partial charge in [0.05, 0.1) is 13.3 Å². The van der Waals surface area contributed by atoms with Crippen molar-refractivity contribution in [3.8, 4) is 0 Å². The molecule has 2 heteroatoms. The highest BCUT2D eigenvalue weighted by atomic mass is 28.3. The molecule has 13 heavy (non-hydrogen) atoms. The number of rotatable bonds is 4. The van der Waals surface area contributed by atoms with Gasteiger partial charge in [-0.25, -0.2) is 0 Å². The zero-order valence-electron chi connectivity index (χ0n) is 9.14. The van der Waals surface area contributed by atoms with Crippen molar-refractivity contribution in [1.82, 2.24) is 0 Å². The molecule has 0 aromatic rings. The summed E-state index contributed by atoms with van der Waals surface area (Å²) in [5.74, 6) is 0. The van der Waals surface area contributed by atoms with Crippen molar-refractivity contribution in [2.45, 2.75) is 68.8 Å². The monoisotopic (exact) mass is 198 g/mol. The summed E-state index contributed by atoms with van der Waals surface area (Å²) in [6, 6.07) is 0. The molecule has 0 bridgehead atoms. The lowest BCUT2D eigenvalue weighted by Crippen LogP contribution is -2.55. The van der Waals surface area contributed by atoms with Gasteiger partial charge in [0.2, 0.25) is 0 Å². The van der Waals surface area contributed by atoms with E-state index >= 15 is 0 Å². The molecule has 2 fully saturated rings. The second kappa shape index (κ2) is 2.83. The van der Waals surface area contributed by atoms with E-state index in [1.54, 1.807) is 0 Å². The van der Waals surface area contributed by atoms with Gasteiger partial charge in [-0.3, -0.25) is 0 Å². The molecule has 2 rings (SSSR count). The lowest BCUT2D eigenvalue weighted by atomic mass is 10.3. The quantitative estimate of drug-likeness (QED) is 0.688. The highest BCUT2D eigenvalue weighted by Crippen LogP contribution is 2.62. The first-order valence-electron chi connectivity index (χ1n) is 5.74. The Morgan fingerprint density at radius 2 is 1.62 bits per heavy atom. The van der Waals surface area contributed by atoms with E-state index in [2.05, 4.69) is 20.4 Å². The van der Waals surface area contributed by atoms with E-state index in [-0.39, 0.29) is 5.22 Å². The molecule has 1 nitrogen and oxygen atoms in total. The van der Waals surface area contributed by atoms with E-state index in [9.17, 15) is 5.11 Å². The topological polar surface area (TPSA) is 20.2 Å². The average molecular weight is 198 g/mol. The Balaban J connectivity index is 2.20. The molecule has 0 radical (unpaired) electrons. The van der Waals surface area contributed by atoms with Crippen molar-refractivity contribution in [3.05, 3.63) is 0 Å². The Morgan fingerprint density at radius 3 is 1.85 bits per heavy atom. The Kier molecular flexibility index (Phi) is 2.12. The molecule has 0 aromatic heterocycles. The first-order valence-corrected chi connectivity index (χ1v) is 8.40. The molecular weight excluding hydrogens is 176 g/mol. The molecule has 76 valence electrons. The van der Waals surface area contributed by atoms with Crippen LogP contribution in [0.5, 0.6) is 0 Å². The molecule has 2 saturated carbocycles. The smallest absolute Gasteiger partial charge is 0.0938 e. The minimum absolute atomic E-state index is 0.296. The van der Waals surface area contributed by atoms with E-state index in [0.29, 0.717) is 0 Å². The van der Waals surface area contributed by atoms with E-state index in [0.717, 1.165) is 17.5 Å². The molecule has 1 N–H and O–H groups in total. The van der Waals surface area contributed by atoms with E-state index in [1.165, 1.54) is 25.7 Å². The van der Waals surface area contributed by atoms with Gasteiger partial charge in [0.25, 0.3) is 0 Å². The molecule has 0 aliphatic heterocycles. The molecule has 0 aromatic carbocycles. The van der Waals surface area contributed by atoms with Gasteiger partial charge in [-0.2, -0.15) is 0 Å². The van der Waals surface area contributed by atoms with Gasteiger partial charge < -0.3 is 5.11 Å². The third-order valence-corrected chi connectivity index (χ3v) is 11.9. The van der Waals surface area contributed by atoms with Crippen LogP contribution in [0.15, 0.2) is 0 Å². The second-order valence-corrected chi connectivity index (χ2v) is 10.7. The molecule has 0 spiro atoms. The van der Waals surface area contributed by atoms with Crippen LogP contribution in [0.1, 0.15) is 46.0 Å². The van der Waals surface area contributed by atoms with Gasteiger partial charge in [0.15, 0.2) is 0 Å². The van der Waals surface area contributed by atoms with Crippen LogP contribution in [0.25, 0.3) is 0 Å². The number of hydrogen-bond acceptors (Lipinski definition) is 1. The van der Waals surface area contributed by atoms with Gasteiger partial charge in [0.1, 0.15) is 0 Å². The number of hydrogen-bond donors (Lipinski definition) is 1. The second-order valence-electron chi connectivity index (χ2n) is 5.46. The average Bonchev–Trinajstić information content (AvgIpc) is 2.89. The van der Waals surface area contributed by atoms with Gasteiger partial charge in [-0.15, -0.1) is 0 Å². The minimum Gasteiger partial charge on any atom is -0.394 e. The predicted octanol–water partition coefficient (Wildman–Crippen LogP) is 3.09. The highest BCUT2D eigenvalue weighted by Gasteiger charge is 2.60. The lowest BCUT2D eigenvalue weighted by molar-refractivity contribution is 0.128. The summed E-state index contributed by atoms with van der Waals surface area (Å²) in [5, 5.41) is 10.2. The van der Waals surface area contributed by atoms with Crippen LogP contribution < -0.4 is 0 Å². The van der Waals surface area contributed by atoms with E-state index < -0.39 is 8.07 Å². The Labute approximate surface area is 82.6 Å². The molecule has 2 aliphatic rings. The van der Waals surface area contributed by atoms with Crippen LogP contribution in [0.2, 0.25) is 17.6 Å². The summed E-state index contributed by atoms with van der Waals surface area (Å²) in [6.07, 6.45) is 6.61. The number of aliphatic hydroxyl groups is 1. The Bertz CT molecular complexity index is 192. The Morgan fingerprint density at radius 1 is 1.23 bits per heavy atom. The fourth-order valence-corrected chi connectivity index (χ4v) is 8.88. The van der Waals surface area contributed by atoms with Crippen LogP contribution >= 0.6 is 0 Å². The van der Waals surface area contributed by atoms with Crippen molar-refractivity contribution in [2.75, 3.05) is 0 Å². The third-order valence-electron chi connectivity index (χ3n) is 4.70. The van der Waals surface area contributed by atoms with Crippen molar-refractivity contribution in [1.29, 1.82) is 0 Å². The summed E-state index contributed by atoms with van der Waals surface area (Å²) in [4.78, 5) is 0.